The molecule has 0 saturated heterocycles. The van der Waals surface area contributed by atoms with Crippen LogP contribution in [0.5, 0.6) is 0 Å². The second-order valence-electron chi connectivity index (χ2n) is 43.5. The van der Waals surface area contributed by atoms with E-state index in [1.165, 1.54) is 264 Å². The molecule has 1 aliphatic rings. The summed E-state index contributed by atoms with van der Waals surface area (Å²) in [6, 6.07) is 159. The number of fused-ring (bicyclic) bond motifs is 4. The fraction of sp³-hybridized carbons (Fsp3) is 0.0972. The van der Waals surface area contributed by atoms with Gasteiger partial charge >= 0.3 is 0 Å². The number of rotatable bonds is 13. The molecule has 5 heteroatoms. The van der Waals surface area contributed by atoms with Crippen molar-refractivity contribution < 1.29 is 0 Å². The van der Waals surface area contributed by atoms with Gasteiger partial charge < -0.3 is 4.57 Å². The minimum atomic E-state index is 0.0667. The zero-order chi connectivity index (χ0) is 100. The normalized spacial score (nSPS) is 12.3. The lowest BCUT2D eigenvalue weighted by molar-refractivity contribution is 0.590. The molecule has 28 rings (SSSR count). The fourth-order valence-electron chi connectivity index (χ4n) is 23.5. The Bertz CT molecular complexity index is 9780. The summed E-state index contributed by atoms with van der Waals surface area (Å²) in [4.78, 5) is 17.4. The number of para-hydroxylation sites is 2. The predicted molar refractivity (Wildman–Crippen MR) is 634 cm³/mol. The van der Waals surface area contributed by atoms with Crippen molar-refractivity contribution >= 4 is 119 Å². The van der Waals surface area contributed by atoms with Gasteiger partial charge in [0.15, 0.2) is 0 Å². The van der Waals surface area contributed by atoms with Crippen LogP contribution in [0.4, 0.5) is 0 Å². The van der Waals surface area contributed by atoms with Crippen molar-refractivity contribution in [1.29, 1.82) is 0 Å². The highest BCUT2D eigenvalue weighted by Crippen LogP contribution is 2.53. The van der Waals surface area contributed by atoms with Gasteiger partial charge in [0.2, 0.25) is 0 Å². The molecule has 0 fully saturated rings. The monoisotopic (exact) mass is 1910 g/mol. The Hall–Kier alpha value is -17.9. The summed E-state index contributed by atoms with van der Waals surface area (Å²) in [5, 5.41) is 26.3. The number of hydrogen-bond donors (Lipinski definition) is 0. The molecule has 0 N–H and O–H groups in total. The minimum Gasteiger partial charge on any atom is -0.309 e. The maximum atomic E-state index is 4.58. The summed E-state index contributed by atoms with van der Waals surface area (Å²) in [6.45, 7) is 20.8. The molecule has 0 radical (unpaired) electrons. The largest absolute Gasteiger partial charge is 0.309 e. The third kappa shape index (κ3) is 16.6. The molecular weight excluding hydrogens is 1800 g/mol. The molecule has 1 aliphatic carbocycles. The van der Waals surface area contributed by atoms with Crippen LogP contribution in [0.3, 0.4) is 0 Å². The fourth-order valence-corrected chi connectivity index (χ4v) is 23.5. The van der Waals surface area contributed by atoms with Gasteiger partial charge in [-0.25, -0.2) is 0 Å². The van der Waals surface area contributed by atoms with Crippen LogP contribution in [0.15, 0.2) is 474 Å². The smallest absolute Gasteiger partial charge is 0.0701 e. The topological polar surface area (TPSA) is 56.5 Å². The Morgan fingerprint density at radius 3 is 1.04 bits per heavy atom. The molecule has 5 heterocycles. The van der Waals surface area contributed by atoms with Gasteiger partial charge in [-0.15, -0.1) is 0 Å². The lowest BCUT2D eigenvalue weighted by Gasteiger charge is -2.27. The van der Waals surface area contributed by atoms with E-state index >= 15 is 0 Å². The van der Waals surface area contributed by atoms with Crippen LogP contribution >= 0.6 is 0 Å². The van der Waals surface area contributed by atoms with Crippen molar-refractivity contribution in [2.45, 2.75) is 91.4 Å². The molecule has 710 valence electrons. The van der Waals surface area contributed by atoms with E-state index in [9.17, 15) is 0 Å². The summed E-state index contributed by atoms with van der Waals surface area (Å²) in [5.74, 6) is 0. The lowest BCUT2D eigenvalue weighted by atomic mass is 9.77. The first-order valence-electron chi connectivity index (χ1n) is 52.2. The number of aryl methyl sites for hydroxylation is 2. The van der Waals surface area contributed by atoms with Crippen molar-refractivity contribution in [2.75, 3.05) is 0 Å². The van der Waals surface area contributed by atoms with Gasteiger partial charge in [0.25, 0.3) is 0 Å². The van der Waals surface area contributed by atoms with Crippen LogP contribution in [0.1, 0.15) is 90.1 Å². The predicted octanol–water partition coefficient (Wildman–Crippen LogP) is 39.0. The average molecular weight is 1910 g/mol. The first kappa shape index (κ1) is 91.1. The summed E-state index contributed by atoms with van der Waals surface area (Å²) in [6.07, 6.45) is 15.1. The van der Waals surface area contributed by atoms with E-state index in [0.717, 1.165) is 35.2 Å². The van der Waals surface area contributed by atoms with Gasteiger partial charge in [0.1, 0.15) is 0 Å². The third-order valence-corrected chi connectivity index (χ3v) is 31.3. The highest BCUT2D eigenvalue weighted by Gasteiger charge is 2.29. The zero-order valence-electron chi connectivity index (χ0n) is 85.2. The number of nitrogens with zero attached hydrogens (tertiary/aromatic N) is 5. The van der Waals surface area contributed by atoms with E-state index in [2.05, 4.69) is 481 Å². The number of pyridine rings is 4. The van der Waals surface area contributed by atoms with Crippen LogP contribution in [-0.4, -0.2) is 24.5 Å². The van der Waals surface area contributed by atoms with Gasteiger partial charge in [-0.2, -0.15) is 0 Å². The molecule has 0 unspecified atom stereocenters. The van der Waals surface area contributed by atoms with E-state index in [4.69, 9.17) is 0 Å². The molecule has 5 aromatic heterocycles. The quantitative estimate of drug-likeness (QED) is 0.108. The second kappa shape index (κ2) is 36.7. The highest BCUT2D eigenvalue weighted by molar-refractivity contribution is 6.31. The molecule has 0 saturated carbocycles. The summed E-state index contributed by atoms with van der Waals surface area (Å²) < 4.78 is 2.40. The van der Waals surface area contributed by atoms with Crippen LogP contribution in [0, 0.1) is 0 Å². The van der Waals surface area contributed by atoms with E-state index in [-0.39, 0.29) is 16.2 Å². The molecule has 0 bridgehead atoms. The average Bonchev–Trinajstić information content (AvgIpc) is 1.13. The van der Waals surface area contributed by atoms with E-state index in [1.807, 2.05) is 79.8 Å². The molecule has 149 heavy (non-hydrogen) atoms. The van der Waals surface area contributed by atoms with E-state index < -0.39 is 0 Å². The Labute approximate surface area is 869 Å². The van der Waals surface area contributed by atoms with Crippen LogP contribution in [0.25, 0.3) is 258 Å². The first-order chi connectivity index (χ1) is 72.7. The molecule has 22 aromatic carbocycles. The van der Waals surface area contributed by atoms with Gasteiger partial charge in [0.05, 0.1) is 16.7 Å². The van der Waals surface area contributed by atoms with Crippen molar-refractivity contribution in [3.8, 4) is 139 Å². The lowest BCUT2D eigenvalue weighted by Crippen LogP contribution is -2.13. The molecule has 5 nitrogen and oxygen atoms in total. The summed E-state index contributed by atoms with van der Waals surface area (Å²) in [7, 11) is 0. The van der Waals surface area contributed by atoms with Gasteiger partial charge in [0, 0.05) is 65.4 Å². The molecule has 0 atom stereocenters. The summed E-state index contributed by atoms with van der Waals surface area (Å²) in [5.41, 5.74) is 39.9. The molecule has 0 spiro atoms. The van der Waals surface area contributed by atoms with Crippen molar-refractivity contribution in [1.82, 2.24) is 24.5 Å². The SMILES string of the molecule is CC(C)(C)c1cc2c3c(ccc4c(-c5ccc6c(c5)c5ccccc5n6-c5ccccc5)cc(-c5ccc(-c6cccnc6)cc5)c(c43)CC2)c1.CC(C)(C)c1cc2ccc3c(-c4ccc(-c5ccc(-c6ccncc6)cc5)cc4)cc(-c4ccc(-c5ccccn5)cc4)c4ccc(c1)c2c34.CC(C)(C)c1cc2ccc3c(-c4ccc(-c5cccnc5)cc4)cc(-c4ccc(-c5cccc6ccccc56)cc4)c4ccc(c1)c2c34. The molecule has 0 amide bonds. The van der Waals surface area contributed by atoms with Crippen molar-refractivity contribution in [2.24, 2.45) is 0 Å². The van der Waals surface area contributed by atoms with Crippen LogP contribution < -0.4 is 0 Å². The summed E-state index contributed by atoms with van der Waals surface area (Å²) >= 11 is 0. The maximum Gasteiger partial charge on any atom is 0.0701 e. The van der Waals surface area contributed by atoms with Crippen LogP contribution in [-0.2, 0) is 29.1 Å². The second-order valence-corrected chi connectivity index (χ2v) is 43.5. The first-order valence-corrected chi connectivity index (χ1v) is 52.2. The van der Waals surface area contributed by atoms with Crippen molar-refractivity contribution in [3.63, 3.8) is 0 Å². The standard InChI is InChI=1S/C49H38N2.C48H36N2.C47H35N/c1-49(2,3)37-26-34-19-22-40-42(32-17-15-31(16-18-32)36-10-9-25-50-30-36)29-43(41-23-20-35(27-37)47(34)48(40)41)33-21-24-46-44(28-33)39-13-7-8-14-45(39)51(46)38-11-5-4-6-12-38;1-48(2,3)40-28-38-19-21-41-43(35-13-11-32(12-14-35)31-7-9-33(10-8-31)34-23-26-49-27-24-34)30-44(42-22-20-39(29-40)46(38)47(41)42)36-15-17-37(18-16-36)45-6-4-5-25-50-45;1-47(2,3)38-26-35-21-23-41-43(33-15-13-30(14-16-33)37-10-7-25-48-29-37)28-44(42-24-22-36(27-38)45(35)46(41)42)34-19-17-32(18-20-34)40-12-6-9-31-8-4-5-11-39(31)40/h4-18,20-21,23-30H,19,22H2,1-3H3;4-30H,1-3H3;4-29H,1-3H3. The molecule has 0 aliphatic heterocycles. The Kier molecular flexibility index (Phi) is 22.4. The van der Waals surface area contributed by atoms with E-state index in [1.54, 1.807) is 0 Å². The maximum absolute atomic E-state index is 4.58. The zero-order valence-corrected chi connectivity index (χ0v) is 85.2. The Morgan fingerprint density at radius 1 is 0.195 bits per heavy atom. The Balaban J connectivity index is 0.000000113. The number of aromatic nitrogens is 5. The molecular formula is C144H109N5. The van der Waals surface area contributed by atoms with Crippen LogP contribution in [0.2, 0.25) is 0 Å². The third-order valence-electron chi connectivity index (χ3n) is 31.3. The van der Waals surface area contributed by atoms with E-state index in [0.29, 0.717) is 0 Å². The highest BCUT2D eigenvalue weighted by atomic mass is 15.0. The van der Waals surface area contributed by atoms with Gasteiger partial charge in [-0.1, -0.05) is 408 Å². The van der Waals surface area contributed by atoms with Crippen molar-refractivity contribution in [3.05, 3.63) is 502 Å². The van der Waals surface area contributed by atoms with Gasteiger partial charge in [-0.05, 0) is 361 Å². The number of benzene rings is 22. The molecule has 27 aromatic rings. The van der Waals surface area contributed by atoms with Gasteiger partial charge in [-0.3, -0.25) is 19.9 Å². The number of hydrogen-bond acceptors (Lipinski definition) is 4. The minimum absolute atomic E-state index is 0.0667. The Morgan fingerprint density at radius 2 is 0.570 bits per heavy atom.